The van der Waals surface area contributed by atoms with Crippen molar-refractivity contribution in [2.75, 3.05) is 0 Å². The van der Waals surface area contributed by atoms with Crippen LogP contribution >= 0.6 is 0 Å². The molecule has 2 aromatic rings. The molecule has 2 aromatic carbocycles. The summed E-state index contributed by atoms with van der Waals surface area (Å²) in [6, 6.07) is 14.0. The molecule has 1 N–H and O–H groups in total. The van der Waals surface area contributed by atoms with E-state index in [4.69, 9.17) is 4.74 Å². The molecule has 106 valence electrons. The number of aliphatic hydroxyl groups excluding tert-OH is 1. The average molecular weight is 270 g/mol. The second-order valence-corrected chi connectivity index (χ2v) is 5.17. The van der Waals surface area contributed by atoms with Gasteiger partial charge in [0.1, 0.15) is 12.4 Å². The molecule has 0 fully saturated rings. The summed E-state index contributed by atoms with van der Waals surface area (Å²) in [5.74, 6) is 0.764. The van der Waals surface area contributed by atoms with E-state index in [1.165, 1.54) is 11.1 Å². The van der Waals surface area contributed by atoms with Gasteiger partial charge in [-0.05, 0) is 43.0 Å². The molecule has 0 saturated heterocycles. The van der Waals surface area contributed by atoms with Crippen LogP contribution in [0.25, 0.3) is 0 Å². The Bertz CT molecular complexity index is 575. The highest BCUT2D eigenvalue weighted by atomic mass is 16.5. The number of hydrogen-bond donors (Lipinski definition) is 1. The Morgan fingerprint density at radius 2 is 1.80 bits per heavy atom. The van der Waals surface area contributed by atoms with Crippen LogP contribution in [0.3, 0.4) is 0 Å². The highest BCUT2D eigenvalue weighted by Gasteiger charge is 2.11. The molecule has 0 radical (unpaired) electrons. The lowest BCUT2D eigenvalue weighted by atomic mass is 10.1. The maximum atomic E-state index is 10.0. The first-order valence-corrected chi connectivity index (χ1v) is 7.07. The Balaban J connectivity index is 2.12. The molecule has 0 aliphatic carbocycles. The van der Waals surface area contributed by atoms with E-state index in [-0.39, 0.29) is 0 Å². The van der Waals surface area contributed by atoms with Gasteiger partial charge in [0.25, 0.3) is 0 Å². The number of ether oxygens (including phenoxy) is 1. The Kier molecular flexibility index (Phi) is 4.80. The minimum Gasteiger partial charge on any atom is -0.489 e. The fraction of sp³-hybridized carbons (Fsp3) is 0.333. The molecule has 0 aliphatic rings. The van der Waals surface area contributed by atoms with Crippen LogP contribution < -0.4 is 4.74 Å². The topological polar surface area (TPSA) is 29.5 Å². The standard InChI is InChI=1S/C18H22O2/c1-4-17(19)16-7-5-6-8-18(16)20-12-15-10-9-13(2)14(3)11-15/h5-11,17,19H,4,12H2,1-3H3/t17-/m0/s1. The summed E-state index contributed by atoms with van der Waals surface area (Å²) in [6.45, 7) is 6.69. The van der Waals surface area contributed by atoms with Crippen molar-refractivity contribution in [3.63, 3.8) is 0 Å². The Hall–Kier alpha value is -1.80. The van der Waals surface area contributed by atoms with Crippen molar-refractivity contribution >= 4 is 0 Å². The van der Waals surface area contributed by atoms with Crippen LogP contribution in [0.2, 0.25) is 0 Å². The van der Waals surface area contributed by atoms with E-state index in [2.05, 4.69) is 32.0 Å². The summed E-state index contributed by atoms with van der Waals surface area (Å²) < 4.78 is 5.88. The molecule has 0 amide bonds. The number of para-hydroxylation sites is 1. The first-order chi connectivity index (χ1) is 9.61. The van der Waals surface area contributed by atoms with Gasteiger partial charge in [-0.1, -0.05) is 43.3 Å². The predicted octanol–water partition coefficient (Wildman–Crippen LogP) is 4.33. The van der Waals surface area contributed by atoms with E-state index in [1.807, 2.05) is 31.2 Å². The third-order valence-electron chi connectivity index (χ3n) is 3.63. The van der Waals surface area contributed by atoms with Crippen LogP contribution in [0.4, 0.5) is 0 Å². The minimum absolute atomic E-state index is 0.467. The summed E-state index contributed by atoms with van der Waals surface area (Å²) >= 11 is 0. The van der Waals surface area contributed by atoms with Crippen molar-refractivity contribution in [3.05, 3.63) is 64.7 Å². The van der Waals surface area contributed by atoms with Crippen LogP contribution in [0.15, 0.2) is 42.5 Å². The monoisotopic (exact) mass is 270 g/mol. The van der Waals surface area contributed by atoms with E-state index in [0.29, 0.717) is 13.0 Å². The molecule has 2 rings (SSSR count). The van der Waals surface area contributed by atoms with E-state index >= 15 is 0 Å². The van der Waals surface area contributed by atoms with Crippen molar-refractivity contribution in [3.8, 4) is 5.75 Å². The maximum Gasteiger partial charge on any atom is 0.125 e. The normalized spacial score (nSPS) is 12.2. The Morgan fingerprint density at radius 3 is 2.50 bits per heavy atom. The second-order valence-electron chi connectivity index (χ2n) is 5.17. The fourth-order valence-corrected chi connectivity index (χ4v) is 2.16. The molecule has 1 atom stereocenters. The van der Waals surface area contributed by atoms with Crippen LogP contribution in [0, 0.1) is 13.8 Å². The largest absolute Gasteiger partial charge is 0.489 e. The van der Waals surface area contributed by atoms with Crippen molar-refractivity contribution in [2.24, 2.45) is 0 Å². The molecule has 2 nitrogen and oxygen atoms in total. The number of benzene rings is 2. The summed E-state index contributed by atoms with van der Waals surface area (Å²) in [6.07, 6.45) is 0.218. The smallest absolute Gasteiger partial charge is 0.125 e. The molecule has 0 aromatic heterocycles. The average Bonchev–Trinajstić information content (AvgIpc) is 2.48. The molecule has 0 aliphatic heterocycles. The molecule has 0 spiro atoms. The van der Waals surface area contributed by atoms with Gasteiger partial charge >= 0.3 is 0 Å². The quantitative estimate of drug-likeness (QED) is 0.876. The molecule has 2 heteroatoms. The summed E-state index contributed by atoms with van der Waals surface area (Å²) in [5, 5.41) is 10.0. The van der Waals surface area contributed by atoms with E-state index in [0.717, 1.165) is 16.9 Å². The summed E-state index contributed by atoms with van der Waals surface area (Å²) in [5.41, 5.74) is 4.57. The Labute approximate surface area is 121 Å². The van der Waals surface area contributed by atoms with Gasteiger partial charge in [-0.2, -0.15) is 0 Å². The van der Waals surface area contributed by atoms with Crippen molar-refractivity contribution < 1.29 is 9.84 Å². The van der Waals surface area contributed by atoms with Gasteiger partial charge in [0.05, 0.1) is 6.10 Å². The van der Waals surface area contributed by atoms with Gasteiger partial charge in [0.15, 0.2) is 0 Å². The SMILES string of the molecule is CC[C@H](O)c1ccccc1OCc1ccc(C)c(C)c1. The van der Waals surface area contributed by atoms with Gasteiger partial charge in [0, 0.05) is 5.56 Å². The number of aryl methyl sites for hydroxylation is 2. The van der Waals surface area contributed by atoms with Crippen LogP contribution in [0.5, 0.6) is 5.75 Å². The molecular weight excluding hydrogens is 248 g/mol. The molecular formula is C18H22O2. The molecule has 20 heavy (non-hydrogen) atoms. The van der Waals surface area contributed by atoms with E-state index in [9.17, 15) is 5.11 Å². The molecule has 0 bridgehead atoms. The zero-order valence-electron chi connectivity index (χ0n) is 12.4. The van der Waals surface area contributed by atoms with Gasteiger partial charge in [-0.3, -0.25) is 0 Å². The van der Waals surface area contributed by atoms with Crippen molar-refractivity contribution in [2.45, 2.75) is 39.9 Å². The van der Waals surface area contributed by atoms with Crippen LogP contribution in [-0.2, 0) is 6.61 Å². The second kappa shape index (κ2) is 6.58. The highest BCUT2D eigenvalue weighted by Crippen LogP contribution is 2.27. The molecule has 0 saturated carbocycles. The number of aliphatic hydroxyl groups is 1. The van der Waals surface area contributed by atoms with Crippen LogP contribution in [-0.4, -0.2) is 5.11 Å². The summed E-state index contributed by atoms with van der Waals surface area (Å²) in [4.78, 5) is 0. The van der Waals surface area contributed by atoms with E-state index in [1.54, 1.807) is 0 Å². The molecule has 0 unspecified atom stereocenters. The zero-order chi connectivity index (χ0) is 14.5. The lowest BCUT2D eigenvalue weighted by Gasteiger charge is -2.15. The Morgan fingerprint density at radius 1 is 1.05 bits per heavy atom. The first kappa shape index (κ1) is 14.6. The van der Waals surface area contributed by atoms with Gasteiger partial charge in [-0.25, -0.2) is 0 Å². The minimum atomic E-state index is -0.467. The van der Waals surface area contributed by atoms with Gasteiger partial charge in [-0.15, -0.1) is 0 Å². The first-order valence-electron chi connectivity index (χ1n) is 7.07. The van der Waals surface area contributed by atoms with Gasteiger partial charge in [0.2, 0.25) is 0 Å². The van der Waals surface area contributed by atoms with E-state index < -0.39 is 6.10 Å². The third-order valence-corrected chi connectivity index (χ3v) is 3.63. The van der Waals surface area contributed by atoms with Gasteiger partial charge < -0.3 is 9.84 Å². The van der Waals surface area contributed by atoms with Crippen LogP contribution in [0.1, 0.15) is 41.7 Å². The van der Waals surface area contributed by atoms with Crippen molar-refractivity contribution in [1.29, 1.82) is 0 Å². The highest BCUT2D eigenvalue weighted by molar-refractivity contribution is 5.36. The maximum absolute atomic E-state index is 10.0. The van der Waals surface area contributed by atoms with Crippen molar-refractivity contribution in [1.82, 2.24) is 0 Å². The fourth-order valence-electron chi connectivity index (χ4n) is 2.16. The predicted molar refractivity (Wildman–Crippen MR) is 81.9 cm³/mol. The zero-order valence-corrected chi connectivity index (χ0v) is 12.4. The lowest BCUT2D eigenvalue weighted by molar-refractivity contribution is 0.166. The lowest BCUT2D eigenvalue weighted by Crippen LogP contribution is -2.02. The molecule has 0 heterocycles. The third kappa shape index (κ3) is 3.40. The number of hydrogen-bond acceptors (Lipinski definition) is 2. The summed E-state index contributed by atoms with van der Waals surface area (Å²) in [7, 11) is 0. The number of rotatable bonds is 5.